The summed E-state index contributed by atoms with van der Waals surface area (Å²) in [6, 6.07) is -0.684. The molecule has 4 fully saturated rings. The van der Waals surface area contributed by atoms with Gasteiger partial charge in [0, 0.05) is 6.54 Å². The number of nitrogens with one attached hydrogen (secondary N) is 2. The van der Waals surface area contributed by atoms with Crippen LogP contribution in [0.3, 0.4) is 0 Å². The van der Waals surface area contributed by atoms with Crippen molar-refractivity contribution in [2.75, 3.05) is 6.54 Å². The molecule has 7 heteroatoms. The minimum atomic E-state index is -1.15. The molecule has 1 heterocycles. The quantitative estimate of drug-likeness (QED) is 0.865. The standard InChI is InChI=1S/C17H22FN3O3/c1-16-3-10-2-11(4-16)6-17(5-10,8-16)9-19-14(23)21-7-12(18)13(22)20-15(21)24/h7,10-11H,2-6,8-9H2,1H3,(H,19,23)(H,20,22,24). The third kappa shape index (κ3) is 2.50. The van der Waals surface area contributed by atoms with Gasteiger partial charge in [-0.05, 0) is 61.2 Å². The van der Waals surface area contributed by atoms with Crippen LogP contribution in [0.25, 0.3) is 0 Å². The van der Waals surface area contributed by atoms with Gasteiger partial charge >= 0.3 is 11.7 Å². The Morgan fingerprint density at radius 2 is 2.00 bits per heavy atom. The highest BCUT2D eigenvalue weighted by atomic mass is 19.1. The number of hydrogen-bond donors (Lipinski definition) is 2. The molecule has 1 aromatic heterocycles. The maximum Gasteiger partial charge on any atom is 0.336 e. The number of aromatic nitrogens is 2. The number of nitrogens with zero attached hydrogens (tertiary/aromatic N) is 1. The van der Waals surface area contributed by atoms with Crippen molar-refractivity contribution >= 4 is 6.03 Å². The predicted octanol–water partition coefficient (Wildman–Crippen LogP) is 1.84. The number of carbonyl (C=O) groups is 1. The van der Waals surface area contributed by atoms with Gasteiger partial charge in [0.15, 0.2) is 0 Å². The predicted molar refractivity (Wildman–Crippen MR) is 85.3 cm³/mol. The van der Waals surface area contributed by atoms with Crippen molar-refractivity contribution in [1.29, 1.82) is 0 Å². The Labute approximate surface area is 138 Å². The van der Waals surface area contributed by atoms with E-state index in [0.29, 0.717) is 22.7 Å². The normalized spacial score (nSPS) is 36.8. The van der Waals surface area contributed by atoms with Gasteiger partial charge in [0.1, 0.15) is 0 Å². The minimum Gasteiger partial charge on any atom is -0.337 e. The summed E-state index contributed by atoms with van der Waals surface area (Å²) in [6.07, 6.45) is 7.85. The minimum absolute atomic E-state index is 0.0961. The topological polar surface area (TPSA) is 84.0 Å². The second kappa shape index (κ2) is 5.04. The molecule has 4 bridgehead atoms. The molecule has 0 radical (unpaired) electrons. The average molecular weight is 335 g/mol. The lowest BCUT2D eigenvalue weighted by Gasteiger charge is -2.61. The molecule has 2 atom stereocenters. The maximum atomic E-state index is 13.3. The van der Waals surface area contributed by atoms with Crippen molar-refractivity contribution in [2.45, 2.75) is 45.4 Å². The SMILES string of the molecule is CC12CC3CC(C1)CC(CNC(=O)n1cc(F)c(=O)[nH]c1=O)(C3)C2. The third-order valence-electron chi connectivity index (χ3n) is 6.21. The van der Waals surface area contributed by atoms with E-state index in [1.54, 1.807) is 4.98 Å². The van der Waals surface area contributed by atoms with Gasteiger partial charge in [-0.15, -0.1) is 0 Å². The number of halogens is 1. The van der Waals surface area contributed by atoms with Gasteiger partial charge in [-0.1, -0.05) is 6.92 Å². The summed E-state index contributed by atoms with van der Waals surface area (Å²) in [5.41, 5.74) is -1.57. The van der Waals surface area contributed by atoms with Crippen molar-refractivity contribution in [2.24, 2.45) is 22.7 Å². The van der Waals surface area contributed by atoms with Crippen LogP contribution in [0.2, 0.25) is 0 Å². The molecule has 130 valence electrons. The Kier molecular flexibility index (Phi) is 3.27. The fourth-order valence-corrected chi connectivity index (χ4v) is 6.08. The van der Waals surface area contributed by atoms with E-state index in [1.165, 1.54) is 19.3 Å². The summed E-state index contributed by atoms with van der Waals surface area (Å²) in [4.78, 5) is 36.8. The van der Waals surface area contributed by atoms with Gasteiger partial charge in [0.2, 0.25) is 5.82 Å². The van der Waals surface area contributed by atoms with E-state index < -0.39 is 23.1 Å². The van der Waals surface area contributed by atoms with E-state index in [0.717, 1.165) is 31.1 Å². The molecular formula is C17H22FN3O3. The van der Waals surface area contributed by atoms with Gasteiger partial charge in [-0.3, -0.25) is 9.78 Å². The summed E-state index contributed by atoms with van der Waals surface area (Å²) in [6.45, 7) is 2.85. The molecule has 0 saturated heterocycles. The van der Waals surface area contributed by atoms with Crippen LogP contribution < -0.4 is 16.6 Å². The first-order chi connectivity index (χ1) is 11.3. The smallest absolute Gasteiger partial charge is 0.336 e. The van der Waals surface area contributed by atoms with Crippen LogP contribution >= 0.6 is 0 Å². The second-order valence-corrected chi connectivity index (χ2v) is 8.54. The largest absolute Gasteiger partial charge is 0.337 e. The molecule has 4 saturated carbocycles. The average Bonchev–Trinajstić information content (AvgIpc) is 2.46. The fourth-order valence-electron chi connectivity index (χ4n) is 6.08. The lowest BCUT2D eigenvalue weighted by molar-refractivity contribution is -0.0987. The van der Waals surface area contributed by atoms with E-state index in [2.05, 4.69) is 12.2 Å². The van der Waals surface area contributed by atoms with Gasteiger partial charge in [-0.25, -0.2) is 14.2 Å². The molecule has 0 aromatic carbocycles. The van der Waals surface area contributed by atoms with Crippen molar-refractivity contribution in [1.82, 2.24) is 14.9 Å². The van der Waals surface area contributed by atoms with Crippen molar-refractivity contribution < 1.29 is 9.18 Å². The van der Waals surface area contributed by atoms with E-state index in [1.807, 2.05) is 0 Å². The Morgan fingerprint density at radius 1 is 1.33 bits per heavy atom. The zero-order chi connectivity index (χ0) is 17.1. The second-order valence-electron chi connectivity index (χ2n) is 8.54. The zero-order valence-corrected chi connectivity index (χ0v) is 13.7. The molecule has 2 N–H and O–H groups in total. The molecule has 4 aliphatic carbocycles. The van der Waals surface area contributed by atoms with E-state index >= 15 is 0 Å². The lowest BCUT2D eigenvalue weighted by atomic mass is 9.44. The first kappa shape index (κ1) is 15.6. The highest BCUT2D eigenvalue weighted by Crippen LogP contribution is 2.64. The monoisotopic (exact) mass is 335 g/mol. The summed E-state index contributed by atoms with van der Waals surface area (Å²) < 4.78 is 13.9. The van der Waals surface area contributed by atoms with E-state index in [-0.39, 0.29) is 5.41 Å². The Balaban J connectivity index is 1.51. The molecule has 0 spiro atoms. The van der Waals surface area contributed by atoms with Crippen LogP contribution in [0.4, 0.5) is 9.18 Å². The molecule has 1 amide bonds. The van der Waals surface area contributed by atoms with Crippen molar-refractivity contribution in [3.63, 3.8) is 0 Å². The molecule has 0 aliphatic heterocycles. The third-order valence-corrected chi connectivity index (χ3v) is 6.21. The van der Waals surface area contributed by atoms with Crippen LogP contribution in [0.5, 0.6) is 0 Å². The molecular weight excluding hydrogens is 313 g/mol. The summed E-state index contributed by atoms with van der Waals surface area (Å²) in [5, 5.41) is 2.80. The van der Waals surface area contributed by atoms with Gasteiger partial charge in [0.25, 0.3) is 5.56 Å². The number of amides is 1. The Bertz CT molecular complexity index is 798. The number of rotatable bonds is 2. The fraction of sp³-hybridized carbons (Fsp3) is 0.706. The van der Waals surface area contributed by atoms with Crippen LogP contribution in [-0.2, 0) is 0 Å². The first-order valence-corrected chi connectivity index (χ1v) is 8.57. The first-order valence-electron chi connectivity index (χ1n) is 8.57. The van der Waals surface area contributed by atoms with E-state index in [4.69, 9.17) is 0 Å². The molecule has 6 nitrogen and oxygen atoms in total. The van der Waals surface area contributed by atoms with Gasteiger partial charge in [-0.2, -0.15) is 4.39 Å². The van der Waals surface area contributed by atoms with Crippen LogP contribution in [0, 0.1) is 28.5 Å². The molecule has 1 aromatic rings. The number of hydrogen-bond acceptors (Lipinski definition) is 3. The van der Waals surface area contributed by atoms with Gasteiger partial charge in [0.05, 0.1) is 6.20 Å². The van der Waals surface area contributed by atoms with Crippen LogP contribution in [0.15, 0.2) is 15.8 Å². The number of H-pyrrole nitrogens is 1. The summed E-state index contributed by atoms with van der Waals surface area (Å²) in [5.74, 6) is 0.329. The van der Waals surface area contributed by atoms with Crippen molar-refractivity contribution in [3.8, 4) is 0 Å². The summed E-state index contributed by atoms with van der Waals surface area (Å²) >= 11 is 0. The lowest BCUT2D eigenvalue weighted by Crippen LogP contribution is -2.55. The zero-order valence-electron chi connectivity index (χ0n) is 13.7. The van der Waals surface area contributed by atoms with Crippen molar-refractivity contribution in [3.05, 3.63) is 32.9 Å². The number of aromatic amines is 1. The highest BCUT2D eigenvalue weighted by Gasteiger charge is 2.55. The Hall–Kier alpha value is -1.92. The molecule has 4 aliphatic rings. The molecule has 5 rings (SSSR count). The highest BCUT2D eigenvalue weighted by molar-refractivity contribution is 5.76. The maximum absolute atomic E-state index is 13.3. The Morgan fingerprint density at radius 3 is 2.62 bits per heavy atom. The van der Waals surface area contributed by atoms with Crippen LogP contribution in [-0.4, -0.2) is 22.1 Å². The summed E-state index contributed by atoms with van der Waals surface area (Å²) in [7, 11) is 0. The van der Waals surface area contributed by atoms with Gasteiger partial charge < -0.3 is 5.32 Å². The van der Waals surface area contributed by atoms with Crippen LogP contribution in [0.1, 0.15) is 45.4 Å². The van der Waals surface area contributed by atoms with E-state index in [9.17, 15) is 18.8 Å². The number of carbonyl (C=O) groups excluding carboxylic acids is 1. The molecule has 24 heavy (non-hydrogen) atoms. The molecule has 2 unspecified atom stereocenters.